The molecule has 0 aromatic heterocycles. The Balaban J connectivity index is -0.000000417. The van der Waals surface area contributed by atoms with E-state index in [-0.39, 0.29) is 23.7 Å². The molecule has 0 saturated carbocycles. The molecular formula is C26H58N4O3. The molecule has 200 valence electrons. The van der Waals surface area contributed by atoms with E-state index in [2.05, 4.69) is 41.6 Å². The molecule has 1 aliphatic heterocycles. The molecule has 1 saturated heterocycles. The first kappa shape index (κ1) is 36.4. The van der Waals surface area contributed by atoms with Crippen LogP contribution in [0.15, 0.2) is 0 Å². The molecule has 1 atom stereocenters. The van der Waals surface area contributed by atoms with Gasteiger partial charge in [-0.1, -0.05) is 62.3 Å². The number of rotatable bonds is 12. The number of carbonyl (C=O) groups excluding carboxylic acids is 2. The number of amides is 2. The molecule has 1 aliphatic rings. The second-order valence-electron chi connectivity index (χ2n) is 8.25. The Morgan fingerprint density at radius 3 is 1.70 bits per heavy atom. The quantitative estimate of drug-likeness (QED) is 0.371. The number of nitrogens with one attached hydrogen (secondary N) is 3. The van der Waals surface area contributed by atoms with E-state index in [4.69, 9.17) is 4.74 Å². The Morgan fingerprint density at radius 1 is 0.788 bits per heavy atom. The van der Waals surface area contributed by atoms with E-state index >= 15 is 0 Å². The minimum absolute atomic E-state index is 0.0830. The summed E-state index contributed by atoms with van der Waals surface area (Å²) in [6.45, 7) is 26.6. The minimum Gasteiger partial charge on any atom is -0.379 e. The van der Waals surface area contributed by atoms with E-state index in [1.807, 2.05) is 41.5 Å². The van der Waals surface area contributed by atoms with Crippen LogP contribution in [0, 0.1) is 11.8 Å². The fourth-order valence-corrected chi connectivity index (χ4v) is 2.45. The number of ether oxygens (including phenoxy) is 1. The van der Waals surface area contributed by atoms with Gasteiger partial charge in [-0.25, -0.2) is 0 Å². The van der Waals surface area contributed by atoms with Crippen LogP contribution < -0.4 is 16.0 Å². The summed E-state index contributed by atoms with van der Waals surface area (Å²) in [4.78, 5) is 24.6. The van der Waals surface area contributed by atoms with E-state index < -0.39 is 0 Å². The van der Waals surface area contributed by atoms with E-state index in [0.29, 0.717) is 0 Å². The maximum Gasteiger partial charge on any atom is 0.222 e. The molecule has 0 radical (unpaired) electrons. The molecule has 7 nitrogen and oxygen atoms in total. The Hall–Kier alpha value is -1.18. The van der Waals surface area contributed by atoms with Crippen molar-refractivity contribution in [2.75, 3.05) is 59.0 Å². The lowest BCUT2D eigenvalue weighted by Gasteiger charge is -2.26. The summed E-state index contributed by atoms with van der Waals surface area (Å²) >= 11 is 0. The van der Waals surface area contributed by atoms with Gasteiger partial charge in [0, 0.05) is 44.6 Å². The van der Waals surface area contributed by atoms with Crippen molar-refractivity contribution in [3.05, 3.63) is 0 Å². The smallest absolute Gasteiger partial charge is 0.222 e. The first-order valence-corrected chi connectivity index (χ1v) is 13.4. The molecule has 2 amide bonds. The van der Waals surface area contributed by atoms with Crippen molar-refractivity contribution < 1.29 is 14.3 Å². The monoisotopic (exact) mass is 474 g/mol. The van der Waals surface area contributed by atoms with Gasteiger partial charge in [0.15, 0.2) is 0 Å². The highest BCUT2D eigenvalue weighted by Gasteiger charge is 2.11. The van der Waals surface area contributed by atoms with Gasteiger partial charge in [-0.15, -0.1) is 0 Å². The van der Waals surface area contributed by atoms with Crippen LogP contribution >= 0.6 is 0 Å². The standard InChI is InChI=1S/C10H20N2O2.C8H17NO.C6H15N.C2H6/c1-9(2)10(13)11-3-4-12-5-7-14-8-6-12;1-4-6-9-8(10)7(3)5-2;1-3-5-7-6-4-2;1-2/h9H,3-8H2,1-2H3,(H,11,13);7H,4-6H2,1-3H3,(H,9,10);7H,3-6H2,1-2H3;1-2H3. The van der Waals surface area contributed by atoms with Crippen molar-refractivity contribution in [1.82, 2.24) is 20.9 Å². The van der Waals surface area contributed by atoms with Crippen molar-refractivity contribution in [1.29, 1.82) is 0 Å². The Bertz CT molecular complexity index is 410. The lowest BCUT2D eigenvalue weighted by molar-refractivity contribution is -0.125. The topological polar surface area (TPSA) is 82.7 Å². The highest BCUT2D eigenvalue weighted by molar-refractivity contribution is 5.78. The summed E-state index contributed by atoms with van der Waals surface area (Å²) in [5.74, 6) is 0.578. The predicted molar refractivity (Wildman–Crippen MR) is 143 cm³/mol. The summed E-state index contributed by atoms with van der Waals surface area (Å²) in [5.41, 5.74) is 0. The van der Waals surface area contributed by atoms with Crippen LogP contribution in [-0.2, 0) is 14.3 Å². The third-order valence-corrected chi connectivity index (χ3v) is 4.82. The Kier molecular flexibility index (Phi) is 31.8. The molecule has 1 heterocycles. The molecule has 3 N–H and O–H groups in total. The van der Waals surface area contributed by atoms with Crippen LogP contribution in [0.2, 0.25) is 0 Å². The third-order valence-electron chi connectivity index (χ3n) is 4.82. The first-order valence-electron chi connectivity index (χ1n) is 13.4. The van der Waals surface area contributed by atoms with Gasteiger partial charge in [0.25, 0.3) is 0 Å². The first-order chi connectivity index (χ1) is 15.8. The molecule has 1 fully saturated rings. The lowest BCUT2D eigenvalue weighted by atomic mass is 10.1. The third kappa shape index (κ3) is 26.9. The molecule has 0 bridgehead atoms. The number of nitrogens with zero attached hydrogens (tertiary/aromatic N) is 1. The molecule has 0 aromatic carbocycles. The molecule has 1 unspecified atom stereocenters. The van der Waals surface area contributed by atoms with Gasteiger partial charge >= 0.3 is 0 Å². The number of carbonyl (C=O) groups is 2. The van der Waals surface area contributed by atoms with Gasteiger partial charge < -0.3 is 20.7 Å². The molecule has 0 aliphatic carbocycles. The second-order valence-corrected chi connectivity index (χ2v) is 8.25. The molecule has 33 heavy (non-hydrogen) atoms. The van der Waals surface area contributed by atoms with Crippen molar-refractivity contribution in [2.45, 2.75) is 88.0 Å². The summed E-state index contributed by atoms with van der Waals surface area (Å²) in [5, 5.41) is 9.04. The zero-order chi connectivity index (χ0) is 25.9. The average Bonchev–Trinajstić information content (AvgIpc) is 2.85. The van der Waals surface area contributed by atoms with Gasteiger partial charge in [-0.3, -0.25) is 14.5 Å². The van der Waals surface area contributed by atoms with E-state index in [1.54, 1.807) is 0 Å². The minimum atomic E-state index is 0.0830. The fraction of sp³-hybridized carbons (Fsp3) is 0.923. The fourth-order valence-electron chi connectivity index (χ4n) is 2.45. The Labute approximate surface area is 206 Å². The van der Waals surface area contributed by atoms with Crippen LogP contribution in [-0.4, -0.2) is 75.7 Å². The normalized spacial score (nSPS) is 13.9. The average molecular weight is 475 g/mol. The van der Waals surface area contributed by atoms with Gasteiger partial charge in [0.2, 0.25) is 11.8 Å². The number of hydrogen-bond donors (Lipinski definition) is 3. The summed E-state index contributed by atoms with van der Waals surface area (Å²) in [6.07, 6.45) is 4.44. The van der Waals surface area contributed by atoms with Gasteiger partial charge in [-0.2, -0.15) is 0 Å². The Morgan fingerprint density at radius 2 is 1.27 bits per heavy atom. The number of morpholine rings is 1. The largest absolute Gasteiger partial charge is 0.379 e. The highest BCUT2D eigenvalue weighted by atomic mass is 16.5. The zero-order valence-electron chi connectivity index (χ0n) is 23.5. The van der Waals surface area contributed by atoms with Crippen molar-refractivity contribution in [3.63, 3.8) is 0 Å². The molecule has 7 heteroatoms. The van der Waals surface area contributed by atoms with Gasteiger partial charge in [0.1, 0.15) is 0 Å². The van der Waals surface area contributed by atoms with Gasteiger partial charge in [0.05, 0.1) is 13.2 Å². The van der Waals surface area contributed by atoms with Crippen LogP contribution in [0.5, 0.6) is 0 Å². The van der Waals surface area contributed by atoms with Crippen LogP contribution in [0.25, 0.3) is 0 Å². The summed E-state index contributed by atoms with van der Waals surface area (Å²) in [6, 6.07) is 0. The van der Waals surface area contributed by atoms with Crippen molar-refractivity contribution in [2.24, 2.45) is 11.8 Å². The molecule has 0 spiro atoms. The number of hydrogen-bond acceptors (Lipinski definition) is 5. The highest BCUT2D eigenvalue weighted by Crippen LogP contribution is 1.99. The molecule has 0 aromatic rings. The van der Waals surface area contributed by atoms with Crippen LogP contribution in [0.4, 0.5) is 0 Å². The van der Waals surface area contributed by atoms with Crippen LogP contribution in [0.1, 0.15) is 88.0 Å². The summed E-state index contributed by atoms with van der Waals surface area (Å²) < 4.78 is 5.24. The second kappa shape index (κ2) is 28.9. The van der Waals surface area contributed by atoms with E-state index in [0.717, 1.165) is 58.8 Å². The maximum atomic E-state index is 11.2. The van der Waals surface area contributed by atoms with E-state index in [9.17, 15) is 9.59 Å². The lowest BCUT2D eigenvalue weighted by Crippen LogP contribution is -2.42. The molecular weight excluding hydrogens is 416 g/mol. The van der Waals surface area contributed by atoms with Gasteiger partial charge in [-0.05, 0) is 38.8 Å². The maximum absolute atomic E-state index is 11.2. The SMILES string of the molecule is CC.CC(C)C(=O)NCCN1CCOCC1.CCCNC(=O)C(C)CC.CCCNCCC. The van der Waals surface area contributed by atoms with Crippen molar-refractivity contribution >= 4 is 11.8 Å². The summed E-state index contributed by atoms with van der Waals surface area (Å²) in [7, 11) is 0. The van der Waals surface area contributed by atoms with Crippen molar-refractivity contribution in [3.8, 4) is 0 Å². The van der Waals surface area contributed by atoms with Crippen LogP contribution in [0.3, 0.4) is 0 Å². The predicted octanol–water partition coefficient (Wildman–Crippen LogP) is 4.07. The molecule has 1 rings (SSSR count). The zero-order valence-corrected chi connectivity index (χ0v) is 23.5. The van der Waals surface area contributed by atoms with E-state index in [1.165, 1.54) is 25.9 Å².